The van der Waals surface area contributed by atoms with Gasteiger partial charge in [-0.1, -0.05) is 77.8 Å². The average Bonchev–Trinajstić information content (AvgIpc) is 2.69. The monoisotopic (exact) mass is 399 g/mol. The minimum atomic E-state index is -0.135. The van der Waals surface area contributed by atoms with Crippen LogP contribution in [0.1, 0.15) is 5.56 Å². The minimum Gasteiger partial charge on any atom is -0.483 e. The van der Waals surface area contributed by atoms with E-state index in [1.807, 2.05) is 60.7 Å². The first-order valence-electron chi connectivity index (χ1n) is 8.50. The van der Waals surface area contributed by atoms with Crippen LogP contribution in [0.15, 0.2) is 72.8 Å². The number of ether oxygens (including phenoxy) is 1. The highest BCUT2D eigenvalue weighted by Crippen LogP contribution is 2.29. The topological polar surface area (TPSA) is 29.5 Å². The van der Waals surface area contributed by atoms with Crippen LogP contribution in [0.5, 0.6) is 5.75 Å². The number of likely N-dealkylation sites (N-methyl/N-ethyl adjacent to an activating group) is 1. The molecule has 0 aliphatic heterocycles. The second-order valence-electron chi connectivity index (χ2n) is 6.14. The van der Waals surface area contributed by atoms with Crippen LogP contribution in [0.2, 0.25) is 10.0 Å². The quantitative estimate of drug-likeness (QED) is 0.531. The van der Waals surface area contributed by atoms with Crippen LogP contribution in [-0.2, 0) is 11.3 Å². The van der Waals surface area contributed by atoms with Crippen LogP contribution >= 0.6 is 23.2 Å². The zero-order valence-corrected chi connectivity index (χ0v) is 16.4. The molecule has 5 heteroatoms. The van der Waals surface area contributed by atoms with E-state index >= 15 is 0 Å². The SMILES string of the molecule is CN(Cc1ccc(Cl)cc1Cl)C(=O)COc1ccccc1-c1ccccc1. The number of carbonyl (C=O) groups is 1. The summed E-state index contributed by atoms with van der Waals surface area (Å²) in [4.78, 5) is 14.1. The summed E-state index contributed by atoms with van der Waals surface area (Å²) in [6.07, 6.45) is 0. The van der Waals surface area contributed by atoms with Gasteiger partial charge in [0.05, 0.1) is 0 Å². The van der Waals surface area contributed by atoms with Crippen molar-refractivity contribution in [3.05, 3.63) is 88.4 Å². The molecule has 1 amide bonds. The molecule has 0 saturated heterocycles. The van der Waals surface area contributed by atoms with Crippen LogP contribution in [0, 0.1) is 0 Å². The first kappa shape index (κ1) is 19.3. The van der Waals surface area contributed by atoms with E-state index in [2.05, 4.69) is 0 Å². The number of benzene rings is 3. The highest BCUT2D eigenvalue weighted by Gasteiger charge is 2.14. The summed E-state index contributed by atoms with van der Waals surface area (Å²) in [5.74, 6) is 0.541. The summed E-state index contributed by atoms with van der Waals surface area (Å²) >= 11 is 12.1. The Labute approximate surface area is 169 Å². The Morgan fingerprint density at radius 2 is 1.67 bits per heavy atom. The number of para-hydroxylation sites is 1. The third-order valence-corrected chi connectivity index (χ3v) is 4.76. The van der Waals surface area contributed by atoms with Crippen LogP contribution < -0.4 is 4.74 Å². The van der Waals surface area contributed by atoms with Gasteiger partial charge in [-0.25, -0.2) is 0 Å². The van der Waals surface area contributed by atoms with Crippen molar-refractivity contribution in [2.75, 3.05) is 13.7 Å². The molecule has 0 bridgehead atoms. The van der Waals surface area contributed by atoms with E-state index in [1.54, 1.807) is 24.1 Å². The van der Waals surface area contributed by atoms with E-state index in [1.165, 1.54) is 0 Å². The van der Waals surface area contributed by atoms with E-state index in [0.29, 0.717) is 22.3 Å². The summed E-state index contributed by atoms with van der Waals surface area (Å²) in [5, 5.41) is 1.11. The smallest absolute Gasteiger partial charge is 0.260 e. The van der Waals surface area contributed by atoms with E-state index in [9.17, 15) is 4.79 Å². The fourth-order valence-electron chi connectivity index (χ4n) is 2.69. The molecule has 0 unspecified atom stereocenters. The van der Waals surface area contributed by atoms with Crippen molar-refractivity contribution in [2.45, 2.75) is 6.54 Å². The van der Waals surface area contributed by atoms with Gasteiger partial charge in [0, 0.05) is 29.2 Å². The average molecular weight is 400 g/mol. The number of nitrogens with zero attached hydrogens (tertiary/aromatic N) is 1. The van der Waals surface area contributed by atoms with Crippen molar-refractivity contribution < 1.29 is 9.53 Å². The molecule has 3 nitrogen and oxygen atoms in total. The number of carbonyl (C=O) groups excluding carboxylic acids is 1. The normalized spacial score (nSPS) is 10.5. The van der Waals surface area contributed by atoms with Gasteiger partial charge in [-0.05, 0) is 29.3 Å². The summed E-state index contributed by atoms with van der Waals surface area (Å²) in [6, 6.07) is 22.9. The van der Waals surface area contributed by atoms with Gasteiger partial charge in [-0.2, -0.15) is 0 Å². The molecular weight excluding hydrogens is 381 g/mol. The third kappa shape index (κ3) is 5.03. The van der Waals surface area contributed by atoms with Crippen molar-refractivity contribution >= 4 is 29.1 Å². The van der Waals surface area contributed by atoms with Crippen LogP contribution in [-0.4, -0.2) is 24.5 Å². The van der Waals surface area contributed by atoms with Crippen LogP contribution in [0.3, 0.4) is 0 Å². The lowest BCUT2D eigenvalue weighted by Gasteiger charge is -2.19. The lowest BCUT2D eigenvalue weighted by Crippen LogP contribution is -2.31. The van der Waals surface area contributed by atoms with Gasteiger partial charge in [0.25, 0.3) is 5.91 Å². The number of rotatable bonds is 6. The predicted octanol–water partition coefficient (Wildman–Crippen LogP) is 5.70. The molecule has 0 spiro atoms. The molecule has 3 aromatic carbocycles. The molecule has 0 heterocycles. The summed E-state index contributed by atoms with van der Waals surface area (Å²) in [6.45, 7) is 0.337. The highest BCUT2D eigenvalue weighted by molar-refractivity contribution is 6.35. The largest absolute Gasteiger partial charge is 0.483 e. The second-order valence-corrected chi connectivity index (χ2v) is 6.98. The van der Waals surface area contributed by atoms with Crippen molar-refractivity contribution in [3.8, 4) is 16.9 Å². The van der Waals surface area contributed by atoms with E-state index < -0.39 is 0 Å². The second kappa shape index (κ2) is 8.94. The lowest BCUT2D eigenvalue weighted by atomic mass is 10.1. The number of hydrogen-bond acceptors (Lipinski definition) is 2. The molecule has 0 radical (unpaired) electrons. The van der Waals surface area contributed by atoms with Gasteiger partial charge in [0.2, 0.25) is 0 Å². The maximum Gasteiger partial charge on any atom is 0.260 e. The first-order valence-corrected chi connectivity index (χ1v) is 9.25. The van der Waals surface area contributed by atoms with Crippen molar-refractivity contribution in [3.63, 3.8) is 0 Å². The van der Waals surface area contributed by atoms with Crippen molar-refractivity contribution in [2.24, 2.45) is 0 Å². The zero-order valence-electron chi connectivity index (χ0n) is 14.9. The molecule has 0 aliphatic carbocycles. The Hall–Kier alpha value is -2.49. The summed E-state index contributed by atoms with van der Waals surface area (Å²) in [5.41, 5.74) is 2.83. The Morgan fingerprint density at radius 1 is 0.963 bits per heavy atom. The molecule has 138 valence electrons. The van der Waals surface area contributed by atoms with Gasteiger partial charge in [0.1, 0.15) is 5.75 Å². The first-order chi connectivity index (χ1) is 13.0. The van der Waals surface area contributed by atoms with Gasteiger partial charge < -0.3 is 9.64 Å². The maximum atomic E-state index is 12.5. The Bertz CT molecular complexity index is 929. The predicted molar refractivity (Wildman–Crippen MR) is 110 cm³/mol. The molecule has 3 rings (SSSR count). The lowest BCUT2D eigenvalue weighted by molar-refractivity contribution is -0.132. The van der Waals surface area contributed by atoms with Gasteiger partial charge >= 0.3 is 0 Å². The van der Waals surface area contributed by atoms with E-state index in [-0.39, 0.29) is 12.5 Å². The fraction of sp³-hybridized carbons (Fsp3) is 0.136. The van der Waals surface area contributed by atoms with Crippen molar-refractivity contribution in [1.29, 1.82) is 0 Å². The molecule has 27 heavy (non-hydrogen) atoms. The fourth-order valence-corrected chi connectivity index (χ4v) is 3.16. The van der Waals surface area contributed by atoms with Gasteiger partial charge in [0.15, 0.2) is 6.61 Å². The number of halogens is 2. The molecule has 0 aromatic heterocycles. The maximum absolute atomic E-state index is 12.5. The molecule has 0 fully saturated rings. The number of hydrogen-bond donors (Lipinski definition) is 0. The van der Waals surface area contributed by atoms with Crippen molar-refractivity contribution in [1.82, 2.24) is 4.90 Å². The third-order valence-electron chi connectivity index (χ3n) is 4.17. The minimum absolute atomic E-state index is 0.0500. The molecule has 0 N–H and O–H groups in total. The van der Waals surface area contributed by atoms with Gasteiger partial charge in [-0.15, -0.1) is 0 Å². The van der Waals surface area contributed by atoms with Crippen LogP contribution in [0.4, 0.5) is 0 Å². The van der Waals surface area contributed by atoms with E-state index in [4.69, 9.17) is 27.9 Å². The summed E-state index contributed by atoms with van der Waals surface area (Å²) in [7, 11) is 1.72. The van der Waals surface area contributed by atoms with Crippen LogP contribution in [0.25, 0.3) is 11.1 Å². The highest BCUT2D eigenvalue weighted by atomic mass is 35.5. The Kier molecular flexibility index (Phi) is 6.38. The summed E-state index contributed by atoms with van der Waals surface area (Å²) < 4.78 is 5.82. The zero-order chi connectivity index (χ0) is 19.2. The molecule has 3 aromatic rings. The van der Waals surface area contributed by atoms with E-state index in [0.717, 1.165) is 16.7 Å². The Morgan fingerprint density at radius 3 is 2.41 bits per heavy atom. The molecule has 0 atom stereocenters. The molecular formula is C22H19Cl2NO2. The molecule has 0 aliphatic rings. The Balaban J connectivity index is 1.66. The number of amides is 1. The standard InChI is InChI=1S/C22H19Cl2NO2/c1-25(14-17-11-12-18(23)13-20(17)24)22(26)15-27-21-10-6-5-9-19(21)16-7-3-2-4-8-16/h2-13H,14-15H2,1H3. The molecule has 0 saturated carbocycles. The van der Waals surface area contributed by atoms with Gasteiger partial charge in [-0.3, -0.25) is 4.79 Å².